The highest BCUT2D eigenvalue weighted by molar-refractivity contribution is 5.93. The average Bonchev–Trinajstić information content (AvgIpc) is 2.42. The van der Waals surface area contributed by atoms with Gasteiger partial charge in [0.2, 0.25) is 0 Å². The molecule has 0 bridgehead atoms. The van der Waals surface area contributed by atoms with Crippen LogP contribution < -0.4 is 15.5 Å². The zero-order chi connectivity index (χ0) is 17.6. The lowest BCUT2D eigenvalue weighted by Gasteiger charge is -2.17. The van der Waals surface area contributed by atoms with Crippen molar-refractivity contribution in [3.05, 3.63) is 28.8 Å². The minimum absolute atomic E-state index is 0.0210. The molecule has 0 spiro atoms. The van der Waals surface area contributed by atoms with Gasteiger partial charge in [-0.3, -0.25) is 9.59 Å². The summed E-state index contributed by atoms with van der Waals surface area (Å²) < 4.78 is 0. The Morgan fingerprint density at radius 2 is 1.61 bits per heavy atom. The molecule has 0 aliphatic heterocycles. The van der Waals surface area contributed by atoms with Crippen LogP contribution in [0.2, 0.25) is 0 Å². The zero-order valence-electron chi connectivity index (χ0n) is 15.2. The lowest BCUT2D eigenvalue weighted by atomic mass is 10.1. The van der Waals surface area contributed by atoms with Crippen LogP contribution in [0.1, 0.15) is 37.0 Å². The fourth-order valence-corrected chi connectivity index (χ4v) is 2.60. The summed E-state index contributed by atoms with van der Waals surface area (Å²) in [4.78, 5) is 24.9. The highest BCUT2D eigenvalue weighted by atomic mass is 16.2. The standard InChI is InChI=1S/C18H29N3O2/c1-7-15(5)19-16(22)10-21(6)11-17(23)20-18-13(3)8-12(2)9-14(18)4/h8-9,15H,7,10-11H2,1-6H3,(H,19,22)(H,20,23)/p+1/t15-/m1/s1. The highest BCUT2D eigenvalue weighted by Crippen LogP contribution is 2.21. The molecule has 5 heteroatoms. The van der Waals surface area contributed by atoms with Crippen LogP contribution in [0.25, 0.3) is 0 Å². The molecule has 0 radical (unpaired) electrons. The second kappa shape index (κ2) is 8.67. The van der Waals surface area contributed by atoms with E-state index in [1.165, 1.54) is 5.56 Å². The van der Waals surface area contributed by atoms with E-state index in [0.717, 1.165) is 28.1 Å². The Labute approximate surface area is 139 Å². The first-order valence-corrected chi connectivity index (χ1v) is 8.21. The number of likely N-dealkylation sites (N-methyl/N-ethyl adjacent to an activating group) is 1. The third-order valence-corrected chi connectivity index (χ3v) is 3.89. The molecule has 1 aromatic carbocycles. The molecular formula is C18H30N3O2+. The van der Waals surface area contributed by atoms with Gasteiger partial charge in [0.1, 0.15) is 0 Å². The predicted octanol–water partition coefficient (Wildman–Crippen LogP) is 0.980. The van der Waals surface area contributed by atoms with Gasteiger partial charge in [0.15, 0.2) is 13.1 Å². The Morgan fingerprint density at radius 1 is 1.09 bits per heavy atom. The molecule has 0 heterocycles. The molecule has 2 atom stereocenters. The first kappa shape index (κ1) is 19.2. The summed E-state index contributed by atoms with van der Waals surface area (Å²) in [6.07, 6.45) is 0.900. The number of hydrogen-bond donors (Lipinski definition) is 3. The first-order chi connectivity index (χ1) is 10.7. The summed E-state index contributed by atoms with van der Waals surface area (Å²) in [6, 6.07) is 4.28. The number of rotatable bonds is 7. The third-order valence-electron chi connectivity index (χ3n) is 3.89. The second-order valence-corrected chi connectivity index (χ2v) is 6.51. The van der Waals surface area contributed by atoms with Crippen LogP contribution in [0.15, 0.2) is 12.1 Å². The lowest BCUT2D eigenvalue weighted by Crippen LogP contribution is -3.11. The minimum Gasteiger partial charge on any atom is -0.349 e. The van der Waals surface area contributed by atoms with Crippen LogP contribution in [-0.4, -0.2) is 38.0 Å². The molecule has 128 valence electrons. The summed E-state index contributed by atoms with van der Waals surface area (Å²) in [5.41, 5.74) is 4.17. The summed E-state index contributed by atoms with van der Waals surface area (Å²) in [6.45, 7) is 10.6. The van der Waals surface area contributed by atoms with Gasteiger partial charge >= 0.3 is 0 Å². The van der Waals surface area contributed by atoms with Crippen molar-refractivity contribution in [2.45, 2.75) is 47.1 Å². The third kappa shape index (κ3) is 6.40. The molecule has 3 N–H and O–H groups in total. The molecule has 1 rings (SSSR count). The number of amides is 2. The van der Waals surface area contributed by atoms with Crippen molar-refractivity contribution in [3.63, 3.8) is 0 Å². The summed E-state index contributed by atoms with van der Waals surface area (Å²) in [5.74, 6) is -0.0961. The van der Waals surface area contributed by atoms with Crippen molar-refractivity contribution < 1.29 is 14.5 Å². The molecule has 0 aromatic heterocycles. The molecule has 0 saturated carbocycles. The van der Waals surface area contributed by atoms with Gasteiger partial charge in [0, 0.05) is 11.7 Å². The number of carbonyl (C=O) groups excluding carboxylic acids is 2. The van der Waals surface area contributed by atoms with Gasteiger partial charge in [-0.2, -0.15) is 0 Å². The maximum atomic E-state index is 12.2. The van der Waals surface area contributed by atoms with Crippen LogP contribution in [-0.2, 0) is 9.59 Å². The average molecular weight is 320 g/mol. The molecule has 5 nitrogen and oxygen atoms in total. The van der Waals surface area contributed by atoms with Crippen molar-refractivity contribution in [3.8, 4) is 0 Å². The quantitative estimate of drug-likeness (QED) is 0.701. The zero-order valence-corrected chi connectivity index (χ0v) is 15.2. The van der Waals surface area contributed by atoms with E-state index in [0.29, 0.717) is 6.54 Å². The van der Waals surface area contributed by atoms with E-state index in [1.54, 1.807) is 0 Å². The van der Waals surface area contributed by atoms with E-state index < -0.39 is 0 Å². The predicted molar refractivity (Wildman–Crippen MR) is 93.8 cm³/mol. The number of benzene rings is 1. The van der Waals surface area contributed by atoms with Gasteiger partial charge in [-0.05, 0) is 45.2 Å². The number of carbonyl (C=O) groups is 2. The van der Waals surface area contributed by atoms with Gasteiger partial charge < -0.3 is 15.5 Å². The fourth-order valence-electron chi connectivity index (χ4n) is 2.60. The highest BCUT2D eigenvalue weighted by Gasteiger charge is 2.16. The number of aryl methyl sites for hydroxylation is 3. The van der Waals surface area contributed by atoms with E-state index in [-0.39, 0.29) is 24.4 Å². The van der Waals surface area contributed by atoms with Gasteiger partial charge in [-0.15, -0.1) is 0 Å². The molecule has 0 aliphatic carbocycles. The molecule has 0 aliphatic rings. The summed E-state index contributed by atoms with van der Waals surface area (Å²) >= 11 is 0. The van der Waals surface area contributed by atoms with Gasteiger partial charge in [-0.25, -0.2) is 0 Å². The number of nitrogens with one attached hydrogen (secondary N) is 3. The van der Waals surface area contributed by atoms with Crippen molar-refractivity contribution in [1.82, 2.24) is 5.32 Å². The van der Waals surface area contributed by atoms with Gasteiger partial charge in [0.05, 0.1) is 7.05 Å². The van der Waals surface area contributed by atoms with Crippen LogP contribution in [0.4, 0.5) is 5.69 Å². The smallest absolute Gasteiger partial charge is 0.279 e. The van der Waals surface area contributed by atoms with Crippen molar-refractivity contribution >= 4 is 17.5 Å². The number of hydrogen-bond acceptors (Lipinski definition) is 2. The van der Waals surface area contributed by atoms with E-state index in [1.807, 2.05) is 41.7 Å². The van der Waals surface area contributed by atoms with Crippen LogP contribution in [0, 0.1) is 20.8 Å². The van der Waals surface area contributed by atoms with Crippen molar-refractivity contribution in [1.29, 1.82) is 0 Å². The van der Waals surface area contributed by atoms with E-state index in [2.05, 4.69) is 22.8 Å². The van der Waals surface area contributed by atoms with Gasteiger partial charge in [-0.1, -0.05) is 24.6 Å². The lowest BCUT2D eigenvalue weighted by molar-refractivity contribution is -0.862. The fraction of sp³-hybridized carbons (Fsp3) is 0.556. The first-order valence-electron chi connectivity index (χ1n) is 8.21. The van der Waals surface area contributed by atoms with E-state index in [9.17, 15) is 9.59 Å². The second-order valence-electron chi connectivity index (χ2n) is 6.51. The molecule has 1 aromatic rings. The molecular weight excluding hydrogens is 290 g/mol. The Balaban J connectivity index is 2.55. The Hall–Kier alpha value is -1.88. The molecule has 1 unspecified atom stereocenters. The maximum Gasteiger partial charge on any atom is 0.279 e. The van der Waals surface area contributed by atoms with Crippen molar-refractivity contribution in [2.24, 2.45) is 0 Å². The number of anilines is 1. The topological polar surface area (TPSA) is 62.6 Å². The SMILES string of the molecule is CC[C@@H](C)NC(=O)C[NH+](C)CC(=O)Nc1c(C)cc(C)cc1C. The normalized spacial score (nSPS) is 13.3. The Kier molecular flexibility index (Phi) is 7.23. The minimum atomic E-state index is -0.0751. The molecule has 0 fully saturated rings. The van der Waals surface area contributed by atoms with Crippen molar-refractivity contribution in [2.75, 3.05) is 25.5 Å². The monoisotopic (exact) mass is 320 g/mol. The van der Waals surface area contributed by atoms with Crippen LogP contribution >= 0.6 is 0 Å². The molecule has 2 amide bonds. The molecule has 0 saturated heterocycles. The van der Waals surface area contributed by atoms with Crippen LogP contribution in [0.3, 0.4) is 0 Å². The number of quaternary nitrogens is 1. The molecule has 23 heavy (non-hydrogen) atoms. The summed E-state index contributed by atoms with van der Waals surface area (Å²) in [7, 11) is 1.85. The van der Waals surface area contributed by atoms with E-state index in [4.69, 9.17) is 0 Å². The van der Waals surface area contributed by atoms with E-state index >= 15 is 0 Å². The largest absolute Gasteiger partial charge is 0.349 e. The Morgan fingerprint density at radius 3 is 2.13 bits per heavy atom. The van der Waals surface area contributed by atoms with Gasteiger partial charge in [0.25, 0.3) is 11.8 Å². The maximum absolute atomic E-state index is 12.2. The summed E-state index contributed by atoms with van der Waals surface area (Å²) in [5, 5.41) is 5.89. The van der Waals surface area contributed by atoms with Crippen LogP contribution in [0.5, 0.6) is 0 Å². The Bertz CT molecular complexity index is 546.